The molecule has 118 valence electrons. The summed E-state index contributed by atoms with van der Waals surface area (Å²) in [5.41, 5.74) is 2.31. The van der Waals surface area contributed by atoms with Crippen molar-refractivity contribution in [1.29, 1.82) is 0 Å². The number of nitrogens with one attached hydrogen (secondary N) is 1. The van der Waals surface area contributed by atoms with E-state index in [4.69, 9.17) is 0 Å². The molecule has 0 radical (unpaired) electrons. The molecule has 0 fully saturated rings. The van der Waals surface area contributed by atoms with Crippen molar-refractivity contribution in [2.24, 2.45) is 0 Å². The van der Waals surface area contributed by atoms with E-state index in [0.717, 1.165) is 16.5 Å². The third kappa shape index (κ3) is 2.61. The molecular formula is C19H19FN2O. The van der Waals surface area contributed by atoms with E-state index in [-0.39, 0.29) is 11.5 Å². The molecule has 3 rings (SSSR count). The van der Waals surface area contributed by atoms with Gasteiger partial charge in [-0.15, -0.1) is 0 Å². The third-order valence-electron chi connectivity index (χ3n) is 4.16. The number of aromatic amines is 1. The summed E-state index contributed by atoms with van der Waals surface area (Å²) in [6.07, 6.45) is 1.83. The van der Waals surface area contributed by atoms with Crippen LogP contribution < -0.4 is 0 Å². The number of amides is 1. The summed E-state index contributed by atoms with van der Waals surface area (Å²) in [6.45, 7) is 4.91. The lowest BCUT2D eigenvalue weighted by atomic mass is 9.98. The molecule has 1 N–H and O–H groups in total. The lowest BCUT2D eigenvalue weighted by Crippen LogP contribution is -2.31. The largest absolute Gasteiger partial charge is 0.361 e. The number of H-pyrrole nitrogens is 1. The van der Waals surface area contributed by atoms with Gasteiger partial charge in [-0.05, 0) is 37.6 Å². The van der Waals surface area contributed by atoms with Gasteiger partial charge in [-0.1, -0.05) is 24.3 Å². The van der Waals surface area contributed by atoms with Gasteiger partial charge in [0.2, 0.25) is 0 Å². The number of nitrogens with zero attached hydrogens (tertiary/aromatic N) is 1. The summed E-state index contributed by atoms with van der Waals surface area (Å²) < 4.78 is 15.0. The number of hydrogen-bond donors (Lipinski definition) is 1. The van der Waals surface area contributed by atoms with E-state index in [9.17, 15) is 4.79 Å². The van der Waals surface area contributed by atoms with Crippen LogP contribution in [0.5, 0.6) is 0 Å². The van der Waals surface area contributed by atoms with E-state index in [0.29, 0.717) is 18.7 Å². The number of fused-ring (bicyclic) bond motifs is 1. The summed E-state index contributed by atoms with van der Waals surface area (Å²) in [6, 6.07) is 12.6. The minimum atomic E-state index is -0.460. The third-order valence-corrected chi connectivity index (χ3v) is 4.16. The van der Waals surface area contributed by atoms with Gasteiger partial charge in [-0.3, -0.25) is 4.79 Å². The van der Waals surface area contributed by atoms with Gasteiger partial charge >= 0.3 is 0 Å². The van der Waals surface area contributed by atoms with Gasteiger partial charge in [0.15, 0.2) is 0 Å². The number of aromatic nitrogens is 1. The van der Waals surface area contributed by atoms with E-state index in [1.807, 2.05) is 44.3 Å². The summed E-state index contributed by atoms with van der Waals surface area (Å²) in [5.74, 6) is -0.728. The van der Waals surface area contributed by atoms with Gasteiger partial charge in [0.05, 0.1) is 5.56 Å². The van der Waals surface area contributed by atoms with Gasteiger partial charge < -0.3 is 9.88 Å². The maximum Gasteiger partial charge on any atom is 0.256 e. The second kappa shape index (κ2) is 6.24. The van der Waals surface area contributed by atoms with E-state index in [1.54, 1.807) is 23.1 Å². The molecule has 2 aromatic carbocycles. The van der Waals surface area contributed by atoms with Crippen molar-refractivity contribution >= 4 is 16.8 Å². The lowest BCUT2D eigenvalue weighted by molar-refractivity contribution is 0.0768. The summed E-state index contributed by atoms with van der Waals surface area (Å²) in [4.78, 5) is 17.3. The number of benzene rings is 2. The first-order valence-electron chi connectivity index (χ1n) is 7.81. The molecule has 0 saturated carbocycles. The first kappa shape index (κ1) is 15.3. The second-order valence-electron chi connectivity index (χ2n) is 5.39. The van der Waals surface area contributed by atoms with Crippen LogP contribution in [0.4, 0.5) is 4.39 Å². The van der Waals surface area contributed by atoms with Gasteiger partial charge in [-0.25, -0.2) is 4.39 Å². The average molecular weight is 310 g/mol. The van der Waals surface area contributed by atoms with Crippen LogP contribution in [0.2, 0.25) is 0 Å². The summed E-state index contributed by atoms with van der Waals surface area (Å²) >= 11 is 0. The Kier molecular flexibility index (Phi) is 4.15. The van der Waals surface area contributed by atoms with Crippen molar-refractivity contribution in [2.45, 2.75) is 13.8 Å². The first-order chi connectivity index (χ1) is 11.2. The number of hydrogen-bond acceptors (Lipinski definition) is 1. The maximum absolute atomic E-state index is 15.0. The van der Waals surface area contributed by atoms with Crippen LogP contribution in [0.1, 0.15) is 24.2 Å². The van der Waals surface area contributed by atoms with Crippen molar-refractivity contribution in [3.05, 3.63) is 60.0 Å². The average Bonchev–Trinajstić information content (AvgIpc) is 3.05. The molecule has 0 spiro atoms. The molecule has 0 aliphatic heterocycles. The van der Waals surface area contributed by atoms with Crippen LogP contribution in [-0.4, -0.2) is 28.9 Å². The van der Waals surface area contributed by atoms with Crippen molar-refractivity contribution in [3.63, 3.8) is 0 Å². The Labute approximate surface area is 134 Å². The fraction of sp³-hybridized carbons (Fsp3) is 0.211. The zero-order chi connectivity index (χ0) is 16.4. The molecule has 1 aromatic heterocycles. The quantitative estimate of drug-likeness (QED) is 0.759. The van der Waals surface area contributed by atoms with Gasteiger partial charge in [0, 0.05) is 35.8 Å². The summed E-state index contributed by atoms with van der Waals surface area (Å²) in [5, 5.41) is 0.943. The van der Waals surface area contributed by atoms with Crippen LogP contribution in [0.3, 0.4) is 0 Å². The molecule has 3 aromatic rings. The zero-order valence-electron chi connectivity index (χ0n) is 13.3. The predicted molar refractivity (Wildman–Crippen MR) is 90.9 cm³/mol. The van der Waals surface area contributed by atoms with Crippen molar-refractivity contribution < 1.29 is 9.18 Å². The Bertz CT molecular complexity index is 849. The fourth-order valence-electron chi connectivity index (χ4n) is 2.91. The lowest BCUT2D eigenvalue weighted by Gasteiger charge is -2.19. The monoisotopic (exact) mass is 310 g/mol. The Balaban J connectivity index is 2.14. The topological polar surface area (TPSA) is 36.1 Å². The van der Waals surface area contributed by atoms with Gasteiger partial charge in [0.1, 0.15) is 5.82 Å². The van der Waals surface area contributed by atoms with Crippen molar-refractivity contribution in [2.75, 3.05) is 13.1 Å². The molecule has 23 heavy (non-hydrogen) atoms. The first-order valence-corrected chi connectivity index (χ1v) is 7.81. The highest BCUT2D eigenvalue weighted by molar-refractivity contribution is 5.99. The minimum Gasteiger partial charge on any atom is -0.361 e. The highest BCUT2D eigenvalue weighted by Gasteiger charge is 2.20. The second-order valence-corrected chi connectivity index (χ2v) is 5.39. The Hall–Kier alpha value is -2.62. The van der Waals surface area contributed by atoms with Gasteiger partial charge in [0.25, 0.3) is 5.91 Å². The molecule has 0 saturated heterocycles. The van der Waals surface area contributed by atoms with E-state index < -0.39 is 5.82 Å². The Morgan fingerprint density at radius 3 is 2.48 bits per heavy atom. The maximum atomic E-state index is 15.0. The van der Waals surface area contributed by atoms with E-state index in [1.165, 1.54) is 0 Å². The number of halogens is 1. The number of carbonyl (C=O) groups is 1. The molecule has 4 heteroatoms. The molecule has 1 amide bonds. The zero-order valence-corrected chi connectivity index (χ0v) is 13.3. The van der Waals surface area contributed by atoms with E-state index in [2.05, 4.69) is 4.98 Å². The van der Waals surface area contributed by atoms with Crippen LogP contribution in [-0.2, 0) is 0 Å². The van der Waals surface area contributed by atoms with Crippen LogP contribution in [0.15, 0.2) is 48.7 Å². The molecule has 1 heterocycles. The molecule has 3 nitrogen and oxygen atoms in total. The van der Waals surface area contributed by atoms with Gasteiger partial charge in [-0.2, -0.15) is 0 Å². The highest BCUT2D eigenvalue weighted by atomic mass is 19.1. The van der Waals surface area contributed by atoms with Crippen molar-refractivity contribution in [1.82, 2.24) is 9.88 Å². The fourth-order valence-corrected chi connectivity index (χ4v) is 2.91. The normalized spacial score (nSPS) is 10.9. The molecule has 0 bridgehead atoms. The molecule has 0 atom stereocenters. The number of rotatable bonds is 4. The Morgan fingerprint density at radius 2 is 1.74 bits per heavy atom. The molecule has 0 aliphatic carbocycles. The standard InChI is InChI=1S/C19H19FN2O/c1-3-22(4-2)19(23)16-9-5-8-15(18(16)20)13-7-6-10-17-14(13)11-12-21-17/h5-12,21H,3-4H2,1-2H3. The molecular weight excluding hydrogens is 291 g/mol. The van der Waals surface area contributed by atoms with Crippen molar-refractivity contribution in [3.8, 4) is 11.1 Å². The Morgan fingerprint density at radius 1 is 1.04 bits per heavy atom. The SMILES string of the molecule is CCN(CC)C(=O)c1cccc(-c2cccc3[nH]ccc23)c1F. The predicted octanol–water partition coefficient (Wildman–Crippen LogP) is 4.46. The molecule has 0 unspecified atom stereocenters. The van der Waals surface area contributed by atoms with Crippen LogP contribution in [0, 0.1) is 5.82 Å². The number of carbonyl (C=O) groups excluding carboxylic acids is 1. The minimum absolute atomic E-state index is 0.124. The van der Waals surface area contributed by atoms with E-state index >= 15 is 4.39 Å². The van der Waals surface area contributed by atoms with Crippen LogP contribution in [0.25, 0.3) is 22.0 Å². The highest BCUT2D eigenvalue weighted by Crippen LogP contribution is 2.31. The smallest absolute Gasteiger partial charge is 0.256 e. The summed E-state index contributed by atoms with van der Waals surface area (Å²) in [7, 11) is 0. The molecule has 0 aliphatic rings. The van der Waals surface area contributed by atoms with Crippen LogP contribution >= 0.6 is 0 Å².